The molecule has 0 saturated carbocycles. The van der Waals surface area contributed by atoms with Crippen LogP contribution in [0.25, 0.3) is 0 Å². The van der Waals surface area contributed by atoms with Gasteiger partial charge >= 0.3 is 11.9 Å². The number of hydrogen-bond donors (Lipinski definition) is 0. The number of aliphatic imine (C=N–C) groups is 1. The molecule has 6 heteroatoms. The van der Waals surface area contributed by atoms with Crippen molar-refractivity contribution in [1.29, 1.82) is 0 Å². The number of ether oxygens (including phenoxy) is 2. The van der Waals surface area contributed by atoms with E-state index in [4.69, 9.17) is 14.5 Å². The fraction of sp³-hybridized carbons (Fsp3) is 0.500. The molecule has 6 nitrogen and oxygen atoms in total. The summed E-state index contributed by atoms with van der Waals surface area (Å²) in [4.78, 5) is 34.1. The molecule has 0 bridgehead atoms. The highest BCUT2D eigenvalue weighted by Crippen LogP contribution is 2.49. The summed E-state index contributed by atoms with van der Waals surface area (Å²) in [5, 5.41) is 0. The Morgan fingerprint density at radius 3 is 2.46 bits per heavy atom. The van der Waals surface area contributed by atoms with Crippen molar-refractivity contribution in [3.05, 3.63) is 41.2 Å². The van der Waals surface area contributed by atoms with Crippen molar-refractivity contribution in [2.75, 3.05) is 19.8 Å². The average molecular weight is 356 g/mol. The van der Waals surface area contributed by atoms with E-state index in [2.05, 4.69) is 18.0 Å². The third-order valence-corrected chi connectivity index (χ3v) is 4.81. The number of rotatable bonds is 6. The lowest BCUT2D eigenvalue weighted by Gasteiger charge is -2.31. The number of fused-ring (bicyclic) bond motifs is 3. The molecule has 0 spiro atoms. The lowest BCUT2D eigenvalue weighted by Crippen LogP contribution is -2.35. The third kappa shape index (κ3) is 3.16. The molecule has 138 valence electrons. The van der Waals surface area contributed by atoms with Gasteiger partial charge in [-0.1, -0.05) is 19.1 Å². The number of carbonyl (C=O) groups excluding carboxylic acids is 2. The van der Waals surface area contributed by atoms with Crippen molar-refractivity contribution in [1.82, 2.24) is 4.98 Å². The molecule has 2 aliphatic rings. The summed E-state index contributed by atoms with van der Waals surface area (Å²) >= 11 is 0. The van der Waals surface area contributed by atoms with Crippen LogP contribution >= 0.6 is 0 Å². The Morgan fingerprint density at radius 1 is 1.19 bits per heavy atom. The van der Waals surface area contributed by atoms with E-state index in [-0.39, 0.29) is 30.7 Å². The molecule has 0 saturated heterocycles. The average Bonchev–Trinajstić information content (AvgIpc) is 2.85. The van der Waals surface area contributed by atoms with Gasteiger partial charge in [-0.15, -0.1) is 0 Å². The SMILES string of the molecule is CCOC(=O)CC1(CC(=O)OCC)C2=CC(C)CN=C2c2ncccc21. The molecule has 1 atom stereocenters. The number of hydrogen-bond acceptors (Lipinski definition) is 6. The lowest BCUT2D eigenvalue weighted by atomic mass is 9.72. The molecule has 1 unspecified atom stereocenters. The normalized spacial score (nSPS) is 19.7. The van der Waals surface area contributed by atoms with Gasteiger partial charge in [0.1, 0.15) is 0 Å². The van der Waals surface area contributed by atoms with E-state index in [1.807, 2.05) is 12.1 Å². The highest BCUT2D eigenvalue weighted by molar-refractivity contribution is 6.19. The summed E-state index contributed by atoms with van der Waals surface area (Å²) in [7, 11) is 0. The smallest absolute Gasteiger partial charge is 0.307 e. The van der Waals surface area contributed by atoms with E-state index in [0.717, 1.165) is 22.5 Å². The second kappa shape index (κ2) is 7.40. The largest absolute Gasteiger partial charge is 0.466 e. The van der Waals surface area contributed by atoms with Gasteiger partial charge in [0.15, 0.2) is 0 Å². The molecule has 1 aliphatic carbocycles. The van der Waals surface area contributed by atoms with Gasteiger partial charge in [0.05, 0.1) is 37.5 Å². The minimum Gasteiger partial charge on any atom is -0.466 e. The van der Waals surface area contributed by atoms with Gasteiger partial charge < -0.3 is 9.47 Å². The molecule has 0 N–H and O–H groups in total. The first kappa shape index (κ1) is 18.3. The number of allylic oxidation sites excluding steroid dienone is 1. The van der Waals surface area contributed by atoms with Crippen molar-refractivity contribution in [2.45, 2.75) is 39.0 Å². The second-order valence-corrected chi connectivity index (χ2v) is 6.69. The fourth-order valence-electron chi connectivity index (χ4n) is 3.81. The highest BCUT2D eigenvalue weighted by Gasteiger charge is 2.51. The molecule has 3 rings (SSSR count). The zero-order valence-electron chi connectivity index (χ0n) is 15.4. The molecule has 0 fully saturated rings. The van der Waals surface area contributed by atoms with E-state index >= 15 is 0 Å². The number of carbonyl (C=O) groups is 2. The van der Waals surface area contributed by atoms with Crippen molar-refractivity contribution in [3.8, 4) is 0 Å². The first-order chi connectivity index (χ1) is 12.5. The van der Waals surface area contributed by atoms with Crippen LogP contribution in [0.5, 0.6) is 0 Å². The van der Waals surface area contributed by atoms with Crippen molar-refractivity contribution in [2.24, 2.45) is 10.9 Å². The first-order valence-corrected chi connectivity index (χ1v) is 9.06. The maximum Gasteiger partial charge on any atom is 0.307 e. The minimum atomic E-state index is -0.838. The van der Waals surface area contributed by atoms with Crippen LogP contribution in [0, 0.1) is 5.92 Å². The molecule has 0 radical (unpaired) electrons. The predicted molar refractivity (Wildman–Crippen MR) is 97.1 cm³/mol. The Hall–Kier alpha value is -2.50. The fourth-order valence-corrected chi connectivity index (χ4v) is 3.81. The summed E-state index contributed by atoms with van der Waals surface area (Å²) in [6, 6.07) is 3.75. The Balaban J connectivity index is 2.14. The second-order valence-electron chi connectivity index (χ2n) is 6.69. The molecule has 1 aromatic heterocycles. The van der Waals surface area contributed by atoms with Gasteiger partial charge in [0, 0.05) is 18.2 Å². The van der Waals surface area contributed by atoms with Gasteiger partial charge in [-0.3, -0.25) is 19.6 Å². The number of dihydropyridines is 1. The van der Waals surface area contributed by atoms with E-state index in [9.17, 15) is 9.59 Å². The van der Waals surface area contributed by atoms with Crippen LogP contribution in [0.3, 0.4) is 0 Å². The van der Waals surface area contributed by atoms with Crippen LogP contribution in [-0.2, 0) is 24.5 Å². The number of pyridine rings is 1. The number of esters is 2. The Bertz CT molecular complexity index is 762. The summed E-state index contributed by atoms with van der Waals surface area (Å²) in [6.07, 6.45) is 3.95. The van der Waals surface area contributed by atoms with Crippen LogP contribution in [0.2, 0.25) is 0 Å². The molecular weight excluding hydrogens is 332 g/mol. The summed E-state index contributed by atoms with van der Waals surface area (Å²) in [5.41, 5.74) is 2.44. The molecule has 2 heterocycles. The topological polar surface area (TPSA) is 77.9 Å². The standard InChI is InChI=1S/C20H24N2O4/c1-4-25-16(23)10-20(11-17(24)26-5-2)14-7-6-8-21-18(14)19-15(20)9-13(3)12-22-19/h6-9,13H,4-5,10-12H2,1-3H3. The van der Waals surface area contributed by atoms with E-state index < -0.39 is 5.41 Å². The minimum absolute atomic E-state index is 0.0654. The van der Waals surface area contributed by atoms with Crippen LogP contribution in [-0.4, -0.2) is 42.4 Å². The Morgan fingerprint density at radius 2 is 1.85 bits per heavy atom. The zero-order valence-corrected chi connectivity index (χ0v) is 15.4. The van der Waals surface area contributed by atoms with E-state index in [1.165, 1.54) is 0 Å². The van der Waals surface area contributed by atoms with Gasteiger partial charge in [-0.05, 0) is 37.0 Å². The number of aromatic nitrogens is 1. The Kier molecular flexibility index (Phi) is 5.20. The summed E-state index contributed by atoms with van der Waals surface area (Å²) in [5.74, 6) is -0.453. The van der Waals surface area contributed by atoms with Crippen molar-refractivity contribution >= 4 is 17.7 Å². The lowest BCUT2D eigenvalue weighted by molar-refractivity contribution is -0.147. The molecule has 1 aromatic rings. The van der Waals surface area contributed by atoms with Crippen LogP contribution in [0.15, 0.2) is 35.0 Å². The Labute approximate surface area is 153 Å². The molecule has 26 heavy (non-hydrogen) atoms. The van der Waals surface area contributed by atoms with Crippen molar-refractivity contribution in [3.63, 3.8) is 0 Å². The summed E-state index contributed by atoms with van der Waals surface area (Å²) in [6.45, 7) is 6.88. The van der Waals surface area contributed by atoms with Crippen LogP contribution < -0.4 is 0 Å². The molecule has 0 amide bonds. The maximum absolute atomic E-state index is 12.4. The van der Waals surface area contributed by atoms with E-state index in [0.29, 0.717) is 19.8 Å². The first-order valence-electron chi connectivity index (χ1n) is 9.06. The molecular formula is C20H24N2O4. The summed E-state index contributed by atoms with van der Waals surface area (Å²) < 4.78 is 10.4. The maximum atomic E-state index is 12.4. The zero-order chi connectivity index (χ0) is 18.7. The predicted octanol–water partition coefficient (Wildman–Crippen LogP) is 2.60. The van der Waals surface area contributed by atoms with Gasteiger partial charge in [-0.2, -0.15) is 0 Å². The highest BCUT2D eigenvalue weighted by atomic mass is 16.5. The monoisotopic (exact) mass is 356 g/mol. The van der Waals surface area contributed by atoms with Gasteiger partial charge in [0.2, 0.25) is 0 Å². The van der Waals surface area contributed by atoms with Crippen LogP contribution in [0.1, 0.15) is 44.9 Å². The van der Waals surface area contributed by atoms with E-state index in [1.54, 1.807) is 20.0 Å². The number of nitrogens with zero attached hydrogens (tertiary/aromatic N) is 2. The van der Waals surface area contributed by atoms with Crippen LogP contribution in [0.4, 0.5) is 0 Å². The van der Waals surface area contributed by atoms with Gasteiger partial charge in [-0.25, -0.2) is 0 Å². The molecule has 1 aliphatic heterocycles. The third-order valence-electron chi connectivity index (χ3n) is 4.81. The van der Waals surface area contributed by atoms with Crippen molar-refractivity contribution < 1.29 is 19.1 Å². The van der Waals surface area contributed by atoms with Gasteiger partial charge in [0.25, 0.3) is 0 Å². The molecule has 0 aromatic carbocycles. The quantitative estimate of drug-likeness (QED) is 0.732.